The third-order valence-electron chi connectivity index (χ3n) is 5.79. The predicted molar refractivity (Wildman–Crippen MR) is 103 cm³/mol. The highest BCUT2D eigenvalue weighted by atomic mass is 19.1. The molecule has 2 unspecified atom stereocenters. The summed E-state index contributed by atoms with van der Waals surface area (Å²) in [7, 11) is 4.06. The Labute approximate surface area is 156 Å². The van der Waals surface area contributed by atoms with Gasteiger partial charge in [-0.2, -0.15) is 0 Å². The van der Waals surface area contributed by atoms with E-state index in [0.717, 1.165) is 29.5 Å². The molecule has 6 heteroatoms. The van der Waals surface area contributed by atoms with Gasteiger partial charge in [-0.3, -0.25) is 10.2 Å². The highest BCUT2D eigenvalue weighted by Crippen LogP contribution is 2.43. The number of rotatable bonds is 2. The van der Waals surface area contributed by atoms with Gasteiger partial charge in [-0.15, -0.1) is 0 Å². The molecule has 3 N–H and O–H groups in total. The molecule has 1 aromatic heterocycles. The van der Waals surface area contributed by atoms with E-state index in [1.54, 1.807) is 0 Å². The van der Waals surface area contributed by atoms with Crippen LogP contribution in [0.2, 0.25) is 0 Å². The smallest absolute Gasteiger partial charge is 0.266 e. The number of carbonyl (C=O) groups excluding carboxylic acids is 1. The van der Waals surface area contributed by atoms with E-state index in [0.29, 0.717) is 17.0 Å². The Morgan fingerprint density at radius 3 is 2.67 bits per heavy atom. The first-order chi connectivity index (χ1) is 13.0. The van der Waals surface area contributed by atoms with Gasteiger partial charge in [0.25, 0.3) is 5.91 Å². The standard InChI is InChI=1S/C21H21FN4O/c1-26(2)14-5-3-11(4-6-14)12-7-16-20-18(8-12)24-25-21(27)15-9-13(22)10-17(23-16)19(15)20/h3-6,9-10,12,18,23-24H,7-8H2,1-2H3,(H,25,27). The van der Waals surface area contributed by atoms with Crippen molar-refractivity contribution in [2.45, 2.75) is 24.8 Å². The molecule has 2 heterocycles. The van der Waals surface area contributed by atoms with E-state index < -0.39 is 5.82 Å². The first-order valence-corrected chi connectivity index (χ1v) is 9.18. The normalized spacial score (nSPS) is 21.1. The second-order valence-electron chi connectivity index (χ2n) is 7.67. The monoisotopic (exact) mass is 364 g/mol. The van der Waals surface area contributed by atoms with E-state index in [1.165, 1.54) is 23.4 Å². The van der Waals surface area contributed by atoms with Crippen LogP contribution in [0.5, 0.6) is 0 Å². The molecule has 27 heavy (non-hydrogen) atoms. The van der Waals surface area contributed by atoms with Crippen molar-refractivity contribution >= 4 is 22.5 Å². The first kappa shape index (κ1) is 16.3. The molecule has 3 aromatic rings. The molecule has 2 aromatic carbocycles. The fourth-order valence-electron chi connectivity index (χ4n) is 4.48. The predicted octanol–water partition coefficient (Wildman–Crippen LogP) is 3.39. The molecule has 0 saturated heterocycles. The fourth-order valence-corrected chi connectivity index (χ4v) is 4.48. The second-order valence-corrected chi connectivity index (χ2v) is 7.67. The molecule has 1 aliphatic carbocycles. The lowest BCUT2D eigenvalue weighted by Gasteiger charge is -2.30. The molecule has 5 rings (SSSR count). The zero-order valence-corrected chi connectivity index (χ0v) is 15.3. The average molecular weight is 364 g/mol. The number of hydrazine groups is 1. The summed E-state index contributed by atoms with van der Waals surface area (Å²) in [4.78, 5) is 17.9. The Kier molecular flexibility index (Phi) is 3.52. The van der Waals surface area contributed by atoms with Crippen LogP contribution < -0.4 is 15.8 Å². The van der Waals surface area contributed by atoms with Gasteiger partial charge in [0.15, 0.2) is 0 Å². The van der Waals surface area contributed by atoms with Crippen molar-refractivity contribution in [1.29, 1.82) is 0 Å². The van der Waals surface area contributed by atoms with Crippen LogP contribution in [0, 0.1) is 5.82 Å². The van der Waals surface area contributed by atoms with Crippen molar-refractivity contribution in [3.05, 3.63) is 64.6 Å². The highest BCUT2D eigenvalue weighted by molar-refractivity contribution is 6.08. The fraction of sp³-hybridized carbons (Fsp3) is 0.286. The van der Waals surface area contributed by atoms with Crippen LogP contribution in [0.4, 0.5) is 10.1 Å². The minimum atomic E-state index is -0.402. The Balaban J connectivity index is 1.59. The maximum absolute atomic E-state index is 14.0. The minimum absolute atomic E-state index is 0.00307. The van der Waals surface area contributed by atoms with Gasteiger partial charge >= 0.3 is 0 Å². The Hall–Kier alpha value is -2.86. The topological polar surface area (TPSA) is 60.2 Å². The van der Waals surface area contributed by atoms with Gasteiger partial charge in [0.1, 0.15) is 5.82 Å². The van der Waals surface area contributed by atoms with Gasteiger partial charge in [-0.1, -0.05) is 12.1 Å². The molecule has 0 spiro atoms. The number of aromatic amines is 1. The lowest BCUT2D eigenvalue weighted by atomic mass is 9.79. The molecule has 0 bridgehead atoms. The van der Waals surface area contributed by atoms with E-state index in [2.05, 4.69) is 45.0 Å². The van der Waals surface area contributed by atoms with Crippen LogP contribution in [-0.4, -0.2) is 25.0 Å². The van der Waals surface area contributed by atoms with Crippen LogP contribution in [0.15, 0.2) is 36.4 Å². The molecule has 1 amide bonds. The van der Waals surface area contributed by atoms with E-state index in [1.807, 2.05) is 14.1 Å². The summed E-state index contributed by atoms with van der Waals surface area (Å²) in [5.41, 5.74) is 11.6. The van der Waals surface area contributed by atoms with Crippen molar-refractivity contribution in [3.63, 3.8) is 0 Å². The third kappa shape index (κ3) is 2.51. The quantitative estimate of drug-likeness (QED) is 0.653. The van der Waals surface area contributed by atoms with Gasteiger partial charge in [0, 0.05) is 41.9 Å². The van der Waals surface area contributed by atoms with Crippen molar-refractivity contribution in [2.75, 3.05) is 19.0 Å². The molecule has 2 aliphatic rings. The summed E-state index contributed by atoms with van der Waals surface area (Å²) >= 11 is 0. The number of carbonyl (C=O) groups is 1. The Bertz CT molecular complexity index is 1050. The van der Waals surface area contributed by atoms with E-state index >= 15 is 0 Å². The Morgan fingerprint density at radius 1 is 1.15 bits per heavy atom. The molecule has 0 fully saturated rings. The van der Waals surface area contributed by atoms with Crippen LogP contribution in [-0.2, 0) is 6.42 Å². The summed E-state index contributed by atoms with van der Waals surface area (Å²) in [5, 5.41) is 0.848. The number of H-pyrrole nitrogens is 1. The summed E-state index contributed by atoms with van der Waals surface area (Å²) in [6.45, 7) is 0. The molecule has 0 saturated carbocycles. The molecule has 2 atom stereocenters. The second kappa shape index (κ2) is 5.82. The molecule has 138 valence electrons. The van der Waals surface area contributed by atoms with Gasteiger partial charge in [0.05, 0.1) is 11.6 Å². The highest BCUT2D eigenvalue weighted by Gasteiger charge is 2.35. The molecular weight excluding hydrogens is 343 g/mol. The number of nitrogens with one attached hydrogen (secondary N) is 3. The summed E-state index contributed by atoms with van der Waals surface area (Å²) in [6.07, 6.45) is 1.72. The van der Waals surface area contributed by atoms with E-state index in [4.69, 9.17) is 0 Å². The van der Waals surface area contributed by atoms with Crippen LogP contribution in [0.3, 0.4) is 0 Å². The number of benzene rings is 2. The molecule has 1 aliphatic heterocycles. The zero-order valence-electron chi connectivity index (χ0n) is 15.3. The van der Waals surface area contributed by atoms with E-state index in [9.17, 15) is 9.18 Å². The lowest BCUT2D eigenvalue weighted by Crippen LogP contribution is -2.40. The first-order valence-electron chi connectivity index (χ1n) is 9.18. The largest absolute Gasteiger partial charge is 0.378 e. The van der Waals surface area contributed by atoms with Crippen LogP contribution in [0.25, 0.3) is 10.9 Å². The third-order valence-corrected chi connectivity index (χ3v) is 5.79. The maximum atomic E-state index is 14.0. The average Bonchev–Trinajstić information content (AvgIpc) is 2.95. The van der Waals surface area contributed by atoms with Gasteiger partial charge in [0.2, 0.25) is 0 Å². The van der Waals surface area contributed by atoms with Crippen molar-refractivity contribution in [2.24, 2.45) is 0 Å². The number of halogens is 1. The van der Waals surface area contributed by atoms with Gasteiger partial charge in [-0.05, 0) is 48.6 Å². The number of amides is 1. The summed E-state index contributed by atoms with van der Waals surface area (Å²) < 4.78 is 14.0. The number of nitrogens with zero attached hydrogens (tertiary/aromatic N) is 1. The van der Waals surface area contributed by atoms with Gasteiger partial charge < -0.3 is 9.88 Å². The zero-order chi connectivity index (χ0) is 18.7. The van der Waals surface area contributed by atoms with Crippen molar-refractivity contribution in [1.82, 2.24) is 15.8 Å². The number of anilines is 1. The van der Waals surface area contributed by atoms with Crippen LogP contribution in [0.1, 0.15) is 45.6 Å². The van der Waals surface area contributed by atoms with Crippen molar-refractivity contribution < 1.29 is 9.18 Å². The Morgan fingerprint density at radius 2 is 1.93 bits per heavy atom. The van der Waals surface area contributed by atoms with Crippen molar-refractivity contribution in [3.8, 4) is 0 Å². The van der Waals surface area contributed by atoms with Crippen LogP contribution >= 0.6 is 0 Å². The van der Waals surface area contributed by atoms with Gasteiger partial charge in [-0.25, -0.2) is 9.82 Å². The lowest BCUT2D eigenvalue weighted by molar-refractivity contribution is 0.0926. The number of aromatic nitrogens is 1. The molecule has 5 nitrogen and oxygen atoms in total. The molecule has 0 radical (unpaired) electrons. The SMILES string of the molecule is CN(C)c1ccc(C2Cc3[nH]c4cc(F)cc5c4c3C(C2)NNC5=O)cc1. The van der Waals surface area contributed by atoms with E-state index in [-0.39, 0.29) is 11.9 Å². The summed E-state index contributed by atoms with van der Waals surface area (Å²) in [5.74, 6) is -0.370. The number of hydrogen-bond acceptors (Lipinski definition) is 3. The maximum Gasteiger partial charge on any atom is 0.266 e. The summed E-state index contributed by atoms with van der Waals surface area (Å²) in [6, 6.07) is 11.4. The minimum Gasteiger partial charge on any atom is -0.378 e. The number of hydrogen-bond donors (Lipinski definition) is 3. The molecular formula is C21H21FN4O.